The van der Waals surface area contributed by atoms with Crippen LogP contribution >= 0.6 is 12.6 Å². The molecule has 0 aliphatic rings. The molecule has 0 saturated heterocycles. The Labute approximate surface area is 73.7 Å². The molecule has 2 unspecified atom stereocenters. The number of hydrogen-bond donors (Lipinski definition) is 1. The standard InChI is InChI=1S/C8H16O2S/c1-4-8(5-6(2)11)10-7(3)9/h6,8,11H,4-5H2,1-3H3. The summed E-state index contributed by atoms with van der Waals surface area (Å²) in [5.74, 6) is -0.203. The highest BCUT2D eigenvalue weighted by atomic mass is 32.1. The van der Waals surface area contributed by atoms with Crippen LogP contribution in [0.5, 0.6) is 0 Å². The molecule has 11 heavy (non-hydrogen) atoms. The minimum atomic E-state index is -0.203. The number of carbonyl (C=O) groups excluding carboxylic acids is 1. The van der Waals surface area contributed by atoms with E-state index in [9.17, 15) is 4.79 Å². The van der Waals surface area contributed by atoms with Crippen LogP contribution in [0.4, 0.5) is 0 Å². The maximum atomic E-state index is 10.5. The van der Waals surface area contributed by atoms with E-state index in [1.54, 1.807) is 0 Å². The molecule has 0 aromatic carbocycles. The van der Waals surface area contributed by atoms with Gasteiger partial charge in [0.05, 0.1) is 0 Å². The smallest absolute Gasteiger partial charge is 0.302 e. The Morgan fingerprint density at radius 1 is 1.64 bits per heavy atom. The van der Waals surface area contributed by atoms with E-state index in [4.69, 9.17) is 4.74 Å². The third-order valence-electron chi connectivity index (χ3n) is 1.39. The summed E-state index contributed by atoms with van der Waals surface area (Å²) in [6, 6.07) is 0. The molecule has 0 heterocycles. The Morgan fingerprint density at radius 2 is 2.18 bits per heavy atom. The van der Waals surface area contributed by atoms with Crippen LogP contribution in [0.25, 0.3) is 0 Å². The fourth-order valence-electron chi connectivity index (χ4n) is 0.913. The summed E-state index contributed by atoms with van der Waals surface area (Å²) in [6.45, 7) is 5.44. The lowest BCUT2D eigenvalue weighted by atomic mass is 10.1. The lowest BCUT2D eigenvalue weighted by molar-refractivity contribution is -0.146. The van der Waals surface area contributed by atoms with E-state index >= 15 is 0 Å². The van der Waals surface area contributed by atoms with Gasteiger partial charge in [-0.15, -0.1) is 0 Å². The molecule has 0 aromatic rings. The molecule has 0 spiro atoms. The summed E-state index contributed by atoms with van der Waals surface area (Å²) >= 11 is 4.22. The highest BCUT2D eigenvalue weighted by molar-refractivity contribution is 7.80. The monoisotopic (exact) mass is 176 g/mol. The number of hydrogen-bond acceptors (Lipinski definition) is 3. The number of ether oxygens (including phenoxy) is 1. The summed E-state index contributed by atoms with van der Waals surface area (Å²) in [6.07, 6.45) is 1.74. The second-order valence-corrected chi connectivity index (χ2v) is 3.61. The van der Waals surface area contributed by atoms with Crippen molar-refractivity contribution in [3.8, 4) is 0 Å². The van der Waals surface area contributed by atoms with E-state index < -0.39 is 0 Å². The molecule has 0 aliphatic heterocycles. The van der Waals surface area contributed by atoms with Crippen molar-refractivity contribution in [3.05, 3.63) is 0 Å². The van der Waals surface area contributed by atoms with Crippen molar-refractivity contribution in [3.63, 3.8) is 0 Å². The largest absolute Gasteiger partial charge is 0.463 e. The van der Waals surface area contributed by atoms with Gasteiger partial charge in [0, 0.05) is 12.2 Å². The molecule has 2 atom stereocenters. The average Bonchev–Trinajstić information content (AvgIpc) is 1.84. The summed E-state index contributed by atoms with van der Waals surface area (Å²) in [4.78, 5) is 10.5. The maximum Gasteiger partial charge on any atom is 0.302 e. The van der Waals surface area contributed by atoms with Crippen molar-refractivity contribution in [1.82, 2.24) is 0 Å². The maximum absolute atomic E-state index is 10.5. The molecule has 0 aliphatic carbocycles. The third-order valence-corrected chi connectivity index (χ3v) is 1.60. The lowest BCUT2D eigenvalue weighted by Gasteiger charge is -2.16. The van der Waals surface area contributed by atoms with Crippen LogP contribution in [0.1, 0.15) is 33.6 Å². The summed E-state index contributed by atoms with van der Waals surface area (Å²) < 4.78 is 5.02. The summed E-state index contributed by atoms with van der Waals surface area (Å²) in [7, 11) is 0. The number of thiol groups is 1. The quantitative estimate of drug-likeness (QED) is 0.524. The van der Waals surface area contributed by atoms with E-state index in [0.717, 1.165) is 12.8 Å². The zero-order valence-electron chi connectivity index (χ0n) is 7.33. The topological polar surface area (TPSA) is 26.3 Å². The van der Waals surface area contributed by atoms with Gasteiger partial charge >= 0.3 is 5.97 Å². The van der Waals surface area contributed by atoms with Gasteiger partial charge in [-0.25, -0.2) is 0 Å². The zero-order chi connectivity index (χ0) is 8.85. The van der Waals surface area contributed by atoms with Crippen LogP contribution in [0.3, 0.4) is 0 Å². The predicted molar refractivity (Wildman–Crippen MR) is 48.9 cm³/mol. The van der Waals surface area contributed by atoms with E-state index in [-0.39, 0.29) is 12.1 Å². The van der Waals surface area contributed by atoms with Gasteiger partial charge in [-0.05, 0) is 12.8 Å². The predicted octanol–water partition coefficient (Wildman–Crippen LogP) is 2.04. The van der Waals surface area contributed by atoms with Gasteiger partial charge in [0.2, 0.25) is 0 Å². The van der Waals surface area contributed by atoms with Crippen LogP contribution in [-0.2, 0) is 9.53 Å². The Bertz CT molecular complexity index is 123. The number of rotatable bonds is 4. The van der Waals surface area contributed by atoms with Crippen molar-refractivity contribution in [2.45, 2.75) is 45.0 Å². The second kappa shape index (κ2) is 5.47. The molecule has 0 amide bonds. The van der Waals surface area contributed by atoms with Crippen molar-refractivity contribution in [2.24, 2.45) is 0 Å². The summed E-state index contributed by atoms with van der Waals surface area (Å²) in [5.41, 5.74) is 0. The lowest BCUT2D eigenvalue weighted by Crippen LogP contribution is -2.18. The van der Waals surface area contributed by atoms with Crippen LogP contribution in [0.15, 0.2) is 0 Å². The molecule has 0 N–H and O–H groups in total. The molecule has 66 valence electrons. The molecule has 0 bridgehead atoms. The molecule has 0 saturated carbocycles. The van der Waals surface area contributed by atoms with Crippen molar-refractivity contribution >= 4 is 18.6 Å². The van der Waals surface area contributed by atoms with Gasteiger partial charge in [-0.2, -0.15) is 12.6 Å². The average molecular weight is 176 g/mol. The first-order chi connectivity index (χ1) is 5.06. The van der Waals surface area contributed by atoms with Crippen LogP contribution in [-0.4, -0.2) is 17.3 Å². The van der Waals surface area contributed by atoms with E-state index in [1.165, 1.54) is 6.92 Å². The molecule has 2 nitrogen and oxygen atoms in total. The molecule has 0 rings (SSSR count). The zero-order valence-corrected chi connectivity index (χ0v) is 8.23. The van der Waals surface area contributed by atoms with Gasteiger partial charge in [0.15, 0.2) is 0 Å². The van der Waals surface area contributed by atoms with Gasteiger partial charge < -0.3 is 4.74 Å². The molecule has 3 heteroatoms. The molecule has 0 fully saturated rings. The summed E-state index contributed by atoms with van der Waals surface area (Å²) in [5, 5.41) is 0.291. The van der Waals surface area contributed by atoms with Crippen LogP contribution in [0, 0.1) is 0 Å². The number of carbonyl (C=O) groups is 1. The Hall–Kier alpha value is -0.180. The Balaban J connectivity index is 3.66. The van der Waals surface area contributed by atoms with Crippen molar-refractivity contribution < 1.29 is 9.53 Å². The van der Waals surface area contributed by atoms with Gasteiger partial charge in [-0.3, -0.25) is 4.79 Å². The van der Waals surface area contributed by atoms with E-state index in [2.05, 4.69) is 12.6 Å². The van der Waals surface area contributed by atoms with Gasteiger partial charge in [0.1, 0.15) is 6.10 Å². The molecular weight excluding hydrogens is 160 g/mol. The van der Waals surface area contributed by atoms with Crippen molar-refractivity contribution in [1.29, 1.82) is 0 Å². The SMILES string of the molecule is CCC(CC(C)S)OC(C)=O. The fraction of sp³-hybridized carbons (Fsp3) is 0.875. The molecule has 0 radical (unpaired) electrons. The highest BCUT2D eigenvalue weighted by Gasteiger charge is 2.11. The minimum Gasteiger partial charge on any atom is -0.463 e. The van der Waals surface area contributed by atoms with Gasteiger partial charge in [0.25, 0.3) is 0 Å². The van der Waals surface area contributed by atoms with E-state index in [1.807, 2.05) is 13.8 Å². The molecular formula is C8H16O2S. The van der Waals surface area contributed by atoms with Crippen LogP contribution in [0.2, 0.25) is 0 Å². The van der Waals surface area contributed by atoms with E-state index in [0.29, 0.717) is 5.25 Å². The number of esters is 1. The first-order valence-corrected chi connectivity index (χ1v) is 4.43. The molecule has 0 aromatic heterocycles. The fourth-order valence-corrected chi connectivity index (χ4v) is 1.15. The van der Waals surface area contributed by atoms with Crippen LogP contribution < -0.4 is 0 Å². The Morgan fingerprint density at radius 3 is 2.45 bits per heavy atom. The highest BCUT2D eigenvalue weighted by Crippen LogP contribution is 2.10. The first kappa shape index (κ1) is 10.8. The normalized spacial score (nSPS) is 15.6. The Kier molecular flexibility index (Phi) is 5.38. The van der Waals surface area contributed by atoms with Crippen molar-refractivity contribution in [2.75, 3.05) is 0 Å². The second-order valence-electron chi connectivity index (χ2n) is 2.72. The van der Waals surface area contributed by atoms with Gasteiger partial charge in [-0.1, -0.05) is 13.8 Å². The third kappa shape index (κ3) is 6.23. The minimum absolute atomic E-state index is 0.0417. The first-order valence-electron chi connectivity index (χ1n) is 3.91.